The number of alkyl halides is 1. The molecular formula is C41H49F2N9O3. The minimum Gasteiger partial charge on any atom is -0.508 e. The van der Waals surface area contributed by atoms with E-state index in [1.165, 1.54) is 6.07 Å². The third-order valence-electron chi connectivity index (χ3n) is 13.2. The molecule has 8 heterocycles. The Morgan fingerprint density at radius 3 is 2.71 bits per heavy atom. The molecule has 4 atom stereocenters. The fourth-order valence-electron chi connectivity index (χ4n) is 10.7. The minimum absolute atomic E-state index is 0.0185. The molecular weight excluding hydrogens is 705 g/mol. The highest BCUT2D eigenvalue weighted by Gasteiger charge is 2.50. The highest BCUT2D eigenvalue weighted by Crippen LogP contribution is 2.42. The van der Waals surface area contributed by atoms with Crippen molar-refractivity contribution in [3.63, 3.8) is 0 Å². The number of carbonyl (C=O) groups excluding carboxylic acids is 1. The summed E-state index contributed by atoms with van der Waals surface area (Å²) in [7, 11) is 2.11. The molecule has 1 N–H and O–H groups in total. The number of aromatic nitrogens is 4. The molecule has 2 aromatic heterocycles. The summed E-state index contributed by atoms with van der Waals surface area (Å²) in [5.41, 5.74) is 4.36. The van der Waals surface area contributed by atoms with Gasteiger partial charge in [-0.3, -0.25) is 14.4 Å². The first kappa shape index (κ1) is 34.9. The van der Waals surface area contributed by atoms with Gasteiger partial charge in [0.1, 0.15) is 30.2 Å². The minimum atomic E-state index is -0.867. The van der Waals surface area contributed by atoms with E-state index in [1.54, 1.807) is 18.2 Å². The van der Waals surface area contributed by atoms with E-state index in [9.17, 15) is 14.3 Å². The monoisotopic (exact) mass is 753 g/mol. The summed E-state index contributed by atoms with van der Waals surface area (Å²) in [5, 5.41) is 17.2. The summed E-state index contributed by atoms with van der Waals surface area (Å²) in [5.74, 6) is 0.693. The first-order valence-corrected chi connectivity index (χ1v) is 20.1. The molecule has 0 saturated carbocycles. The maximum atomic E-state index is 15.2. The van der Waals surface area contributed by atoms with Crippen LogP contribution in [0.25, 0.3) is 10.8 Å². The quantitative estimate of drug-likeness (QED) is 0.286. The highest BCUT2D eigenvalue weighted by atomic mass is 19.1. The van der Waals surface area contributed by atoms with Crippen LogP contribution in [-0.4, -0.2) is 122 Å². The summed E-state index contributed by atoms with van der Waals surface area (Å²) in [6.45, 7) is 8.37. The number of likely N-dealkylation sites (tertiary alicyclic amines) is 2. The summed E-state index contributed by atoms with van der Waals surface area (Å²) in [4.78, 5) is 34.9. The fourth-order valence-corrected chi connectivity index (χ4v) is 10.7. The lowest BCUT2D eigenvalue weighted by atomic mass is 9.87. The molecule has 2 unspecified atom stereocenters. The number of amides is 1. The molecule has 290 valence electrons. The molecule has 0 aliphatic carbocycles. The number of hydrogen-bond donors (Lipinski definition) is 1. The number of likely N-dealkylation sites (N-methyl/N-ethyl adjacent to an activating group) is 1. The number of aromatic hydroxyl groups is 1. The molecule has 10 rings (SSSR count). The summed E-state index contributed by atoms with van der Waals surface area (Å²) < 4.78 is 38.4. The zero-order chi connectivity index (χ0) is 37.6. The lowest BCUT2D eigenvalue weighted by Crippen LogP contribution is -2.69. The first-order valence-electron chi connectivity index (χ1n) is 20.1. The lowest BCUT2D eigenvalue weighted by molar-refractivity contribution is -0.0401. The van der Waals surface area contributed by atoms with Gasteiger partial charge in [-0.15, -0.1) is 0 Å². The van der Waals surface area contributed by atoms with E-state index in [0.29, 0.717) is 69.9 Å². The normalized spacial score (nSPS) is 26.5. The van der Waals surface area contributed by atoms with Crippen LogP contribution in [0.2, 0.25) is 0 Å². The number of piperidine rings is 1. The van der Waals surface area contributed by atoms with Crippen molar-refractivity contribution in [3.8, 4) is 11.8 Å². The van der Waals surface area contributed by atoms with Crippen molar-refractivity contribution in [2.75, 3.05) is 62.7 Å². The average Bonchev–Trinajstić information content (AvgIpc) is 3.80. The van der Waals surface area contributed by atoms with Crippen LogP contribution in [0, 0.1) is 5.82 Å². The Labute approximate surface area is 319 Å². The summed E-state index contributed by atoms with van der Waals surface area (Å²) in [6, 6.07) is 9.35. The van der Waals surface area contributed by atoms with Crippen LogP contribution < -0.4 is 14.5 Å². The number of phenols is 1. The molecule has 1 amide bonds. The largest absolute Gasteiger partial charge is 0.508 e. The Bertz CT molecular complexity index is 2170. The third kappa shape index (κ3) is 5.89. The average molecular weight is 754 g/mol. The summed E-state index contributed by atoms with van der Waals surface area (Å²) >= 11 is 0. The molecule has 2 aromatic carbocycles. The molecule has 55 heavy (non-hydrogen) atoms. The second-order valence-electron chi connectivity index (χ2n) is 16.7. The van der Waals surface area contributed by atoms with Crippen LogP contribution in [0.5, 0.6) is 11.8 Å². The number of halogens is 2. The Morgan fingerprint density at radius 1 is 1.02 bits per heavy atom. The van der Waals surface area contributed by atoms with Gasteiger partial charge in [0.2, 0.25) is 0 Å². The molecule has 6 aliphatic rings. The van der Waals surface area contributed by atoms with Gasteiger partial charge in [0.25, 0.3) is 5.91 Å². The molecule has 6 aliphatic heterocycles. The van der Waals surface area contributed by atoms with Crippen LogP contribution in [-0.2, 0) is 32.5 Å². The van der Waals surface area contributed by atoms with E-state index in [2.05, 4.69) is 26.6 Å². The second kappa shape index (κ2) is 13.3. The number of benzene rings is 2. The number of aryl methyl sites for hydroxylation is 2. The molecule has 2 bridgehead atoms. The maximum absolute atomic E-state index is 15.2. The number of fused-ring (bicyclic) bond motifs is 6. The van der Waals surface area contributed by atoms with Gasteiger partial charge in [-0.25, -0.2) is 8.78 Å². The Hall–Kier alpha value is -4.56. The van der Waals surface area contributed by atoms with Gasteiger partial charge in [-0.2, -0.15) is 15.1 Å². The number of ether oxygens (including phenoxy) is 1. The van der Waals surface area contributed by atoms with Crippen LogP contribution in [0.3, 0.4) is 0 Å². The third-order valence-corrected chi connectivity index (χ3v) is 13.2. The van der Waals surface area contributed by atoms with Crippen LogP contribution in [0.4, 0.5) is 20.3 Å². The van der Waals surface area contributed by atoms with E-state index in [-0.39, 0.29) is 41.1 Å². The van der Waals surface area contributed by atoms with Crippen molar-refractivity contribution >= 4 is 28.2 Å². The summed E-state index contributed by atoms with van der Waals surface area (Å²) in [6.07, 6.45) is 4.51. The molecule has 12 nitrogen and oxygen atoms in total. The predicted molar refractivity (Wildman–Crippen MR) is 204 cm³/mol. The zero-order valence-corrected chi connectivity index (χ0v) is 31.7. The lowest BCUT2D eigenvalue weighted by Gasteiger charge is -2.55. The highest BCUT2D eigenvalue weighted by molar-refractivity contribution is 5.98. The molecule has 0 radical (unpaired) electrons. The Morgan fingerprint density at radius 2 is 1.87 bits per heavy atom. The molecule has 4 fully saturated rings. The van der Waals surface area contributed by atoms with Gasteiger partial charge in [0, 0.05) is 80.5 Å². The number of phenolic OH excluding ortho intramolecular Hbond substituents is 1. The van der Waals surface area contributed by atoms with E-state index < -0.39 is 6.17 Å². The number of anilines is 2. The number of hydrogen-bond acceptors (Lipinski definition) is 10. The van der Waals surface area contributed by atoms with Crippen LogP contribution in [0.1, 0.15) is 72.0 Å². The standard InChI is InChI=1S/C41H49F2N9O3/c1-3-31-33(43)7-6-25-14-30(53)17-36(37(25)31)48-13-8-32-35(23-48)44-40(55-24-41-9-4-11-50(41)19-26(42)18-41)45-38(32)49-10-5-12-51-27(22-49)16-34(46-51)39(54)52-28-15-29(52)21-47(2)20-28/h6-7,14,16-17,26,28-29,53H,3-5,8-13,15,18-24H2,1-2H3/t26-,28?,29?,41+/m1/s1. The second-order valence-corrected chi connectivity index (χ2v) is 16.7. The topological polar surface area (TPSA) is 106 Å². The molecule has 14 heteroatoms. The van der Waals surface area contributed by atoms with E-state index >= 15 is 4.39 Å². The van der Waals surface area contributed by atoms with Gasteiger partial charge < -0.3 is 29.4 Å². The number of piperazine rings is 1. The zero-order valence-electron chi connectivity index (χ0n) is 31.7. The molecule has 4 saturated heterocycles. The van der Waals surface area contributed by atoms with Crippen molar-refractivity contribution in [3.05, 3.63) is 64.4 Å². The molecule has 4 aromatic rings. The number of carbonyl (C=O) groups is 1. The number of nitrogens with zero attached hydrogens (tertiary/aromatic N) is 9. The van der Waals surface area contributed by atoms with Crippen molar-refractivity contribution in [2.45, 2.75) is 95.3 Å². The fraction of sp³-hybridized carbons (Fsp3) is 0.561. The SMILES string of the molecule is CCc1c(F)ccc2cc(O)cc(N3CCc4c(nc(OC[C@@]56CCCN5C[C@H](F)C6)nc4N4CCCn5nc(C(=O)N6C7CC6CN(C)C7)cc5C4)C3)c12. The maximum Gasteiger partial charge on any atom is 0.318 e. The van der Waals surface area contributed by atoms with Crippen molar-refractivity contribution < 1.29 is 23.4 Å². The smallest absolute Gasteiger partial charge is 0.318 e. The predicted octanol–water partition coefficient (Wildman–Crippen LogP) is 4.69. The van der Waals surface area contributed by atoms with Gasteiger partial charge in [-0.1, -0.05) is 13.0 Å². The van der Waals surface area contributed by atoms with Gasteiger partial charge >= 0.3 is 6.01 Å². The van der Waals surface area contributed by atoms with E-state index in [4.69, 9.17) is 19.8 Å². The van der Waals surface area contributed by atoms with Crippen molar-refractivity contribution in [2.24, 2.45) is 0 Å². The van der Waals surface area contributed by atoms with Gasteiger partial charge in [0.05, 0.1) is 30.0 Å². The first-order chi connectivity index (χ1) is 26.7. The number of rotatable bonds is 7. The van der Waals surface area contributed by atoms with E-state index in [1.807, 2.05) is 22.6 Å². The molecule has 0 spiro atoms. The van der Waals surface area contributed by atoms with Gasteiger partial charge in [0.15, 0.2) is 5.69 Å². The van der Waals surface area contributed by atoms with Gasteiger partial charge in [-0.05, 0) is 81.3 Å². The Balaban J connectivity index is 0.989. The van der Waals surface area contributed by atoms with E-state index in [0.717, 1.165) is 91.1 Å². The Kier molecular flexibility index (Phi) is 8.43. The van der Waals surface area contributed by atoms with Crippen molar-refractivity contribution in [1.29, 1.82) is 0 Å². The van der Waals surface area contributed by atoms with Crippen LogP contribution in [0.15, 0.2) is 30.3 Å². The van der Waals surface area contributed by atoms with Crippen LogP contribution >= 0.6 is 0 Å². The van der Waals surface area contributed by atoms with Crippen molar-refractivity contribution in [1.82, 2.24) is 34.4 Å².